The molecule has 0 saturated carbocycles. The van der Waals surface area contributed by atoms with Crippen molar-refractivity contribution in [2.75, 3.05) is 0 Å². The molecule has 0 aliphatic rings. The maximum atomic E-state index is 3.44. The van der Waals surface area contributed by atoms with Gasteiger partial charge in [0.1, 0.15) is 0 Å². The second kappa shape index (κ2) is 3.72. The molecule has 0 heterocycles. The van der Waals surface area contributed by atoms with Gasteiger partial charge in [0, 0.05) is 8.90 Å². The van der Waals surface area contributed by atoms with E-state index in [0.717, 1.165) is 5.33 Å². The number of alkyl halides is 1. The molecule has 0 atom stereocenters. The van der Waals surface area contributed by atoms with Crippen LogP contribution >= 0.6 is 38.5 Å². The monoisotopic (exact) mass is 310 g/mol. The molecule has 54 valence electrons. The van der Waals surface area contributed by atoms with Gasteiger partial charge in [-0.2, -0.15) is 0 Å². The molecule has 0 spiro atoms. The molecular weight excluding hydrogens is 303 g/mol. The van der Waals surface area contributed by atoms with Crippen molar-refractivity contribution in [1.82, 2.24) is 0 Å². The van der Waals surface area contributed by atoms with Crippen molar-refractivity contribution in [2.24, 2.45) is 0 Å². The summed E-state index contributed by atoms with van der Waals surface area (Å²) in [6, 6.07) is 6.48. The first-order valence-corrected chi connectivity index (χ1v) is 5.25. The Morgan fingerprint density at radius 3 is 2.70 bits per heavy atom. The number of benzene rings is 1. The Labute approximate surface area is 83.3 Å². The van der Waals surface area contributed by atoms with Gasteiger partial charge in [0.05, 0.1) is 0 Å². The number of hydrogen-bond donors (Lipinski definition) is 0. The smallest absolute Gasteiger partial charge is 0.0293 e. The standard InChI is InChI=1S/C8H8BrI/c1-6-2-3-8(10)7(4-6)5-9/h2-4H,5H2,1H3. The van der Waals surface area contributed by atoms with E-state index in [4.69, 9.17) is 0 Å². The highest BCUT2D eigenvalue weighted by Gasteiger charge is 1.95. The van der Waals surface area contributed by atoms with Crippen molar-refractivity contribution in [3.05, 3.63) is 32.9 Å². The minimum Gasteiger partial charge on any atom is -0.0876 e. The average Bonchev–Trinajstić information content (AvgIpc) is 1.94. The summed E-state index contributed by atoms with van der Waals surface area (Å²) in [7, 11) is 0. The fraction of sp³-hybridized carbons (Fsp3) is 0.250. The molecule has 0 aromatic heterocycles. The number of hydrogen-bond acceptors (Lipinski definition) is 0. The maximum Gasteiger partial charge on any atom is 0.0293 e. The lowest BCUT2D eigenvalue weighted by Gasteiger charge is -2.00. The Kier molecular flexibility index (Phi) is 3.17. The lowest BCUT2D eigenvalue weighted by molar-refractivity contribution is 1.34. The third kappa shape index (κ3) is 1.95. The Morgan fingerprint density at radius 1 is 1.50 bits per heavy atom. The summed E-state index contributed by atoms with van der Waals surface area (Å²) >= 11 is 5.78. The molecule has 0 N–H and O–H groups in total. The van der Waals surface area contributed by atoms with E-state index in [0.29, 0.717) is 0 Å². The zero-order valence-electron chi connectivity index (χ0n) is 5.70. The second-order valence-corrected chi connectivity index (χ2v) is 3.95. The van der Waals surface area contributed by atoms with Crippen LogP contribution in [0.2, 0.25) is 0 Å². The summed E-state index contributed by atoms with van der Waals surface area (Å²) in [5.74, 6) is 0. The van der Waals surface area contributed by atoms with Crippen molar-refractivity contribution >= 4 is 38.5 Å². The molecule has 0 amide bonds. The normalized spacial score (nSPS) is 9.90. The molecular formula is C8H8BrI. The van der Waals surface area contributed by atoms with Gasteiger partial charge in [-0.3, -0.25) is 0 Å². The van der Waals surface area contributed by atoms with Crippen molar-refractivity contribution in [2.45, 2.75) is 12.3 Å². The summed E-state index contributed by atoms with van der Waals surface area (Å²) in [6.45, 7) is 2.11. The highest BCUT2D eigenvalue weighted by atomic mass is 127. The zero-order valence-corrected chi connectivity index (χ0v) is 9.44. The molecule has 2 heteroatoms. The summed E-state index contributed by atoms with van der Waals surface area (Å²) in [6.07, 6.45) is 0. The predicted molar refractivity (Wildman–Crippen MR) is 56.5 cm³/mol. The largest absolute Gasteiger partial charge is 0.0876 e. The first-order valence-electron chi connectivity index (χ1n) is 3.05. The number of halogens is 2. The lowest BCUT2D eigenvalue weighted by Crippen LogP contribution is -1.84. The summed E-state index contributed by atoms with van der Waals surface area (Å²) in [5.41, 5.74) is 2.70. The van der Waals surface area contributed by atoms with Crippen molar-refractivity contribution in [3.8, 4) is 0 Å². The van der Waals surface area contributed by atoms with Gasteiger partial charge >= 0.3 is 0 Å². The first kappa shape index (κ1) is 8.53. The quantitative estimate of drug-likeness (QED) is 0.550. The van der Waals surface area contributed by atoms with Crippen LogP contribution in [0, 0.1) is 10.5 Å². The van der Waals surface area contributed by atoms with Crippen molar-refractivity contribution in [1.29, 1.82) is 0 Å². The fourth-order valence-corrected chi connectivity index (χ4v) is 2.32. The van der Waals surface area contributed by atoms with E-state index in [9.17, 15) is 0 Å². The van der Waals surface area contributed by atoms with Crippen LogP contribution in [-0.2, 0) is 5.33 Å². The van der Waals surface area contributed by atoms with Gasteiger partial charge in [0.25, 0.3) is 0 Å². The average molecular weight is 311 g/mol. The molecule has 0 radical (unpaired) electrons. The van der Waals surface area contributed by atoms with Crippen LogP contribution in [0.25, 0.3) is 0 Å². The van der Waals surface area contributed by atoms with E-state index < -0.39 is 0 Å². The maximum absolute atomic E-state index is 3.44. The van der Waals surface area contributed by atoms with Crippen molar-refractivity contribution < 1.29 is 0 Å². The van der Waals surface area contributed by atoms with E-state index in [2.05, 4.69) is 63.6 Å². The molecule has 0 nitrogen and oxygen atoms in total. The summed E-state index contributed by atoms with van der Waals surface area (Å²) in [4.78, 5) is 0. The van der Waals surface area contributed by atoms with Crippen LogP contribution in [0.1, 0.15) is 11.1 Å². The van der Waals surface area contributed by atoms with Gasteiger partial charge in [-0.15, -0.1) is 0 Å². The van der Waals surface area contributed by atoms with Crippen LogP contribution in [0.15, 0.2) is 18.2 Å². The molecule has 0 fully saturated rings. The highest BCUT2D eigenvalue weighted by molar-refractivity contribution is 14.1. The number of aryl methyl sites for hydroxylation is 1. The minimum absolute atomic E-state index is 0.951. The SMILES string of the molecule is Cc1ccc(I)c(CBr)c1. The van der Waals surface area contributed by atoms with Gasteiger partial charge in [0.15, 0.2) is 0 Å². The van der Waals surface area contributed by atoms with Gasteiger partial charge in [-0.1, -0.05) is 33.6 Å². The second-order valence-electron chi connectivity index (χ2n) is 2.23. The molecule has 0 aliphatic carbocycles. The van der Waals surface area contributed by atoms with E-state index in [1.54, 1.807) is 0 Å². The number of rotatable bonds is 1. The van der Waals surface area contributed by atoms with Gasteiger partial charge < -0.3 is 0 Å². The molecule has 1 rings (SSSR count). The van der Waals surface area contributed by atoms with E-state index in [-0.39, 0.29) is 0 Å². The minimum atomic E-state index is 0.951. The Morgan fingerprint density at radius 2 is 2.20 bits per heavy atom. The predicted octanol–water partition coefficient (Wildman–Crippen LogP) is 3.49. The summed E-state index contributed by atoms with van der Waals surface area (Å²) in [5, 5.41) is 0.951. The third-order valence-electron chi connectivity index (χ3n) is 1.35. The molecule has 0 bridgehead atoms. The first-order chi connectivity index (χ1) is 4.74. The van der Waals surface area contributed by atoms with Gasteiger partial charge in [-0.25, -0.2) is 0 Å². The van der Waals surface area contributed by atoms with E-state index in [1.165, 1.54) is 14.7 Å². The van der Waals surface area contributed by atoms with E-state index >= 15 is 0 Å². The third-order valence-corrected chi connectivity index (χ3v) is 3.00. The van der Waals surface area contributed by atoms with E-state index in [1.807, 2.05) is 0 Å². The van der Waals surface area contributed by atoms with Gasteiger partial charge in [-0.05, 0) is 41.1 Å². The van der Waals surface area contributed by atoms with Crippen LogP contribution in [-0.4, -0.2) is 0 Å². The summed E-state index contributed by atoms with van der Waals surface area (Å²) < 4.78 is 1.33. The zero-order chi connectivity index (χ0) is 7.56. The molecule has 1 aromatic carbocycles. The van der Waals surface area contributed by atoms with Crippen LogP contribution in [0.3, 0.4) is 0 Å². The Bertz CT molecular complexity index is 233. The lowest BCUT2D eigenvalue weighted by atomic mass is 10.2. The van der Waals surface area contributed by atoms with Gasteiger partial charge in [0.2, 0.25) is 0 Å². The Balaban J connectivity index is 3.09. The molecule has 0 saturated heterocycles. The fourth-order valence-electron chi connectivity index (χ4n) is 0.806. The molecule has 10 heavy (non-hydrogen) atoms. The molecule has 0 unspecified atom stereocenters. The Hall–Kier alpha value is 0.430. The molecule has 1 aromatic rings. The highest BCUT2D eigenvalue weighted by Crippen LogP contribution is 2.16. The van der Waals surface area contributed by atoms with Crippen LogP contribution < -0.4 is 0 Å². The topological polar surface area (TPSA) is 0 Å². The van der Waals surface area contributed by atoms with Crippen LogP contribution in [0.5, 0.6) is 0 Å². The van der Waals surface area contributed by atoms with Crippen molar-refractivity contribution in [3.63, 3.8) is 0 Å². The van der Waals surface area contributed by atoms with Crippen LogP contribution in [0.4, 0.5) is 0 Å². The molecule has 0 aliphatic heterocycles.